The zero-order valence-corrected chi connectivity index (χ0v) is 13.6. The molecule has 1 saturated heterocycles. The average molecular weight is 369 g/mol. The highest BCUT2D eigenvalue weighted by Crippen LogP contribution is 2.33. The lowest BCUT2D eigenvalue weighted by Crippen LogP contribution is -2.17. The topological polar surface area (TPSA) is 42.2 Å². The van der Waals surface area contributed by atoms with Crippen molar-refractivity contribution in [2.24, 2.45) is 0 Å². The summed E-state index contributed by atoms with van der Waals surface area (Å²) in [5.41, 5.74) is -0.384. The molecule has 2 heterocycles. The first-order valence-electron chi connectivity index (χ1n) is 6.82. The first-order chi connectivity index (χ1) is 11.3. The molecular weight excluding hydrogens is 359 g/mol. The predicted octanol–water partition coefficient (Wildman–Crippen LogP) is 4.54. The van der Waals surface area contributed by atoms with Gasteiger partial charge in [0.05, 0.1) is 10.5 Å². The molecule has 24 heavy (non-hydrogen) atoms. The Balaban J connectivity index is 1.78. The van der Waals surface area contributed by atoms with Gasteiger partial charge in [-0.1, -0.05) is 42.2 Å². The molecule has 3 nitrogen and oxygen atoms in total. The number of furan rings is 1. The Labute approximate surface area is 144 Å². The molecule has 124 valence electrons. The van der Waals surface area contributed by atoms with Gasteiger partial charge in [0.15, 0.2) is 0 Å². The van der Waals surface area contributed by atoms with Crippen molar-refractivity contribution in [3.05, 3.63) is 58.7 Å². The number of amides is 1. The minimum Gasteiger partial charge on any atom is -0.461 e. The van der Waals surface area contributed by atoms with Gasteiger partial charge in [-0.05, 0) is 24.3 Å². The van der Waals surface area contributed by atoms with Crippen LogP contribution in [0.15, 0.2) is 51.8 Å². The largest absolute Gasteiger partial charge is 0.461 e. The van der Waals surface area contributed by atoms with E-state index in [9.17, 15) is 18.0 Å². The number of benzene rings is 1. The van der Waals surface area contributed by atoms with E-state index in [1.165, 1.54) is 17.8 Å². The second kappa shape index (κ2) is 6.45. The Morgan fingerprint density at radius 3 is 2.71 bits per heavy atom. The number of allylic oxidation sites excluding steroid dienone is 1. The number of hydrogen-bond donors (Lipinski definition) is 1. The molecule has 1 aromatic carbocycles. The fourth-order valence-corrected chi connectivity index (χ4v) is 3.16. The number of thiocarbonyl (C=S) groups is 1. The molecule has 1 N–H and O–H groups in total. The van der Waals surface area contributed by atoms with E-state index in [0.717, 1.165) is 12.1 Å². The number of thioether (sulfide) groups is 1. The van der Waals surface area contributed by atoms with E-state index >= 15 is 0 Å². The van der Waals surface area contributed by atoms with E-state index in [-0.39, 0.29) is 5.91 Å². The summed E-state index contributed by atoms with van der Waals surface area (Å²) < 4.78 is 44.3. The van der Waals surface area contributed by atoms with Crippen LogP contribution in [0.4, 0.5) is 13.2 Å². The third kappa shape index (κ3) is 3.70. The normalized spacial score (nSPS) is 16.7. The van der Waals surface area contributed by atoms with Gasteiger partial charge in [-0.15, -0.1) is 0 Å². The smallest absolute Gasteiger partial charge is 0.416 e. The lowest BCUT2D eigenvalue weighted by molar-refractivity contribution is -0.137. The minimum atomic E-state index is -4.40. The second-order valence-electron chi connectivity index (χ2n) is 4.96. The molecule has 1 aliphatic heterocycles. The van der Waals surface area contributed by atoms with Crippen LogP contribution < -0.4 is 5.32 Å². The Bertz CT molecular complexity index is 840. The summed E-state index contributed by atoms with van der Waals surface area (Å²) in [7, 11) is 0. The third-order valence-corrected chi connectivity index (χ3v) is 4.48. The van der Waals surface area contributed by atoms with Gasteiger partial charge in [0.25, 0.3) is 5.91 Å². The molecule has 0 atom stereocenters. The van der Waals surface area contributed by atoms with Crippen LogP contribution in [0.2, 0.25) is 0 Å². The first kappa shape index (κ1) is 16.8. The molecule has 2 aromatic rings. The van der Waals surface area contributed by atoms with E-state index in [1.54, 1.807) is 24.3 Å². The molecule has 8 heteroatoms. The van der Waals surface area contributed by atoms with Gasteiger partial charge in [-0.2, -0.15) is 13.2 Å². The van der Waals surface area contributed by atoms with Crippen LogP contribution in [0.25, 0.3) is 11.3 Å². The van der Waals surface area contributed by atoms with Gasteiger partial charge in [-0.25, -0.2) is 0 Å². The van der Waals surface area contributed by atoms with Gasteiger partial charge < -0.3 is 9.73 Å². The van der Waals surface area contributed by atoms with Crippen molar-refractivity contribution in [3.8, 4) is 11.3 Å². The standard InChI is InChI=1S/C16H10F3NO2S2/c17-16(18,19)10-3-1-2-9(8-10)12-6-4-11(22-12)5-7-13-14(21)20-15(23)24-13/h1-4,6-8H,5H2,(H,20,21,23)/b13-7+. The van der Waals surface area contributed by atoms with Crippen LogP contribution in [-0.2, 0) is 17.4 Å². The van der Waals surface area contributed by atoms with Crippen molar-refractivity contribution < 1.29 is 22.4 Å². The van der Waals surface area contributed by atoms with Crippen LogP contribution in [0.5, 0.6) is 0 Å². The van der Waals surface area contributed by atoms with Gasteiger partial charge in [0.2, 0.25) is 0 Å². The molecule has 3 rings (SSSR count). The minimum absolute atomic E-state index is 0.255. The zero-order chi connectivity index (χ0) is 17.3. The average Bonchev–Trinajstić information content (AvgIpc) is 3.11. The Kier molecular flexibility index (Phi) is 4.51. The summed E-state index contributed by atoms with van der Waals surface area (Å²) in [6.07, 6.45) is -2.38. The molecule has 1 aromatic heterocycles. The van der Waals surface area contributed by atoms with Gasteiger partial charge >= 0.3 is 6.18 Å². The lowest BCUT2D eigenvalue weighted by atomic mass is 10.1. The summed E-state index contributed by atoms with van der Waals surface area (Å²) in [6.45, 7) is 0. The number of alkyl halides is 3. The van der Waals surface area contributed by atoms with Crippen molar-refractivity contribution in [1.82, 2.24) is 5.32 Å². The quantitative estimate of drug-likeness (QED) is 0.637. The van der Waals surface area contributed by atoms with Crippen molar-refractivity contribution in [2.75, 3.05) is 0 Å². The number of halogens is 3. The van der Waals surface area contributed by atoms with E-state index in [2.05, 4.69) is 5.32 Å². The number of carbonyl (C=O) groups excluding carboxylic acids is 1. The molecule has 1 amide bonds. The fourth-order valence-electron chi connectivity index (χ4n) is 2.15. The van der Waals surface area contributed by atoms with E-state index < -0.39 is 11.7 Å². The van der Waals surface area contributed by atoms with Crippen LogP contribution in [0.3, 0.4) is 0 Å². The number of carbonyl (C=O) groups is 1. The summed E-state index contributed by atoms with van der Waals surface area (Å²) in [4.78, 5) is 12.0. The SMILES string of the molecule is O=C1NC(=S)S/C1=C/Cc1ccc(-c2cccc(C(F)(F)F)c2)o1. The van der Waals surface area contributed by atoms with Crippen LogP contribution in [-0.4, -0.2) is 10.2 Å². The Morgan fingerprint density at radius 1 is 1.25 bits per heavy atom. The van der Waals surface area contributed by atoms with E-state index in [0.29, 0.717) is 32.7 Å². The third-order valence-electron chi connectivity index (χ3n) is 3.27. The number of rotatable bonds is 3. The summed E-state index contributed by atoms with van der Waals surface area (Å²) in [6, 6.07) is 8.21. The molecule has 0 bridgehead atoms. The van der Waals surface area contributed by atoms with Crippen molar-refractivity contribution in [2.45, 2.75) is 12.6 Å². The van der Waals surface area contributed by atoms with Gasteiger partial charge in [0.1, 0.15) is 15.8 Å². The highest BCUT2D eigenvalue weighted by atomic mass is 32.2. The monoisotopic (exact) mass is 369 g/mol. The van der Waals surface area contributed by atoms with E-state index in [1.807, 2.05) is 0 Å². The highest BCUT2D eigenvalue weighted by Gasteiger charge is 2.30. The Morgan fingerprint density at radius 2 is 2.04 bits per heavy atom. The predicted molar refractivity (Wildman–Crippen MR) is 89.3 cm³/mol. The van der Waals surface area contributed by atoms with Crippen molar-refractivity contribution in [1.29, 1.82) is 0 Å². The van der Waals surface area contributed by atoms with Crippen molar-refractivity contribution >= 4 is 34.2 Å². The molecular formula is C16H10F3NO2S2. The zero-order valence-electron chi connectivity index (χ0n) is 12.0. The highest BCUT2D eigenvalue weighted by molar-refractivity contribution is 8.26. The van der Waals surface area contributed by atoms with Crippen LogP contribution in [0, 0.1) is 0 Å². The molecule has 0 radical (unpaired) electrons. The summed E-state index contributed by atoms with van der Waals surface area (Å²) >= 11 is 6.06. The summed E-state index contributed by atoms with van der Waals surface area (Å²) in [5.74, 6) is 0.629. The maximum Gasteiger partial charge on any atom is 0.416 e. The maximum atomic E-state index is 12.8. The Hall–Kier alpha value is -2.06. The molecule has 1 fully saturated rings. The maximum absolute atomic E-state index is 12.8. The van der Waals surface area contributed by atoms with Gasteiger partial charge in [-0.3, -0.25) is 4.79 Å². The number of nitrogens with one attached hydrogen (secondary N) is 1. The van der Waals surface area contributed by atoms with Gasteiger partial charge in [0, 0.05) is 12.0 Å². The molecule has 1 aliphatic rings. The molecule has 0 aliphatic carbocycles. The summed E-state index contributed by atoms with van der Waals surface area (Å²) in [5, 5.41) is 2.50. The fraction of sp³-hybridized carbons (Fsp3) is 0.125. The van der Waals surface area contributed by atoms with Crippen LogP contribution in [0.1, 0.15) is 11.3 Å². The van der Waals surface area contributed by atoms with Crippen molar-refractivity contribution in [3.63, 3.8) is 0 Å². The first-order valence-corrected chi connectivity index (χ1v) is 8.05. The van der Waals surface area contributed by atoms with Crippen LogP contribution >= 0.6 is 24.0 Å². The molecule has 0 unspecified atom stereocenters. The van der Waals surface area contributed by atoms with E-state index in [4.69, 9.17) is 16.6 Å². The lowest BCUT2D eigenvalue weighted by Gasteiger charge is -2.07. The molecule has 0 spiro atoms. The second-order valence-corrected chi connectivity index (χ2v) is 6.68. The number of hydrogen-bond acceptors (Lipinski definition) is 4. The molecule has 0 saturated carbocycles.